The molecule has 0 spiro atoms. The monoisotopic (exact) mass is 922 g/mol. The van der Waals surface area contributed by atoms with Gasteiger partial charge in [0.1, 0.15) is 21.5 Å². The van der Waals surface area contributed by atoms with E-state index in [1.807, 2.05) is 41.5 Å². The molecule has 2 aromatic heterocycles. The van der Waals surface area contributed by atoms with E-state index >= 15 is 0 Å². The Labute approximate surface area is 385 Å². The first kappa shape index (κ1) is 49.8. The molecule has 4 fully saturated rings. The lowest BCUT2D eigenvalue weighted by Crippen LogP contribution is -2.63. The number of aliphatic hydroxyl groups excluding tert-OH is 4. The van der Waals surface area contributed by atoms with Gasteiger partial charge in [-0.05, 0) is 98.1 Å². The van der Waals surface area contributed by atoms with Gasteiger partial charge in [0.2, 0.25) is 0 Å². The van der Waals surface area contributed by atoms with Gasteiger partial charge in [-0.25, -0.2) is 9.59 Å². The van der Waals surface area contributed by atoms with Crippen molar-refractivity contribution in [1.82, 2.24) is 0 Å². The molecule has 350 valence electrons. The van der Waals surface area contributed by atoms with Gasteiger partial charge in [-0.3, -0.25) is 9.59 Å². The number of anilines is 2. The Balaban J connectivity index is 1.44. The number of aliphatic hydroxyl groups is 4. The molecule has 6 rings (SSSR count). The summed E-state index contributed by atoms with van der Waals surface area (Å²) in [5.41, 5.74) is -1.87. The van der Waals surface area contributed by atoms with Gasteiger partial charge in [-0.2, -0.15) is 0 Å². The molecule has 2 aliphatic heterocycles. The number of hydrogen-bond donors (Lipinski definition) is 4. The van der Waals surface area contributed by atoms with Crippen LogP contribution in [0.4, 0.5) is 11.4 Å². The molecule has 2 aliphatic carbocycles. The molecular formula is C49H66N2O11S2. The molecule has 15 heteroatoms. The van der Waals surface area contributed by atoms with Gasteiger partial charge in [-0.15, -0.1) is 22.7 Å². The van der Waals surface area contributed by atoms with E-state index < -0.39 is 83.8 Å². The third kappa shape index (κ3) is 12.0. The van der Waals surface area contributed by atoms with E-state index in [1.54, 1.807) is 28.9 Å². The SMILES string of the molecule is CC(C)(C)C#Cc1cc(N2C(=O)C(CC(O)CO)OCC2C2CCCCC2)c(C(=O)OC(=O)c2sc(C#CC(C)(C)C)cc2N2C(=O)C(C)(CC(O)CO)OCC2C2CCCCC2)s1. The molecule has 13 nitrogen and oxygen atoms in total. The minimum atomic E-state index is -1.54. The Hall–Kier alpha value is -3.64. The van der Waals surface area contributed by atoms with Crippen LogP contribution in [0.25, 0.3) is 0 Å². The van der Waals surface area contributed by atoms with Crippen LogP contribution in [0.3, 0.4) is 0 Å². The second-order valence-electron chi connectivity index (χ2n) is 20.1. The Bertz CT molecular complexity index is 2130. The maximum atomic E-state index is 14.8. The molecule has 2 aromatic rings. The molecule has 2 amide bonds. The van der Waals surface area contributed by atoms with E-state index in [4.69, 9.17) is 14.2 Å². The summed E-state index contributed by atoms with van der Waals surface area (Å²) in [7, 11) is 0. The summed E-state index contributed by atoms with van der Waals surface area (Å²) in [6.07, 6.45) is 5.57. The summed E-state index contributed by atoms with van der Waals surface area (Å²) in [5, 5.41) is 40.3. The highest BCUT2D eigenvalue weighted by atomic mass is 32.1. The highest BCUT2D eigenvalue weighted by molar-refractivity contribution is 7.15. The van der Waals surface area contributed by atoms with Crippen molar-refractivity contribution < 1.29 is 53.8 Å². The molecule has 0 aromatic carbocycles. The second kappa shape index (κ2) is 20.9. The molecular weight excluding hydrogens is 857 g/mol. The highest BCUT2D eigenvalue weighted by Gasteiger charge is 2.50. The van der Waals surface area contributed by atoms with Gasteiger partial charge < -0.3 is 44.4 Å². The number of nitrogens with zero attached hydrogens (tertiary/aromatic N) is 2. The van der Waals surface area contributed by atoms with Crippen molar-refractivity contribution >= 4 is 57.8 Å². The minimum Gasteiger partial charge on any atom is -0.394 e. The molecule has 4 aliphatic rings. The van der Waals surface area contributed by atoms with Gasteiger partial charge in [0.15, 0.2) is 0 Å². The van der Waals surface area contributed by atoms with Crippen molar-refractivity contribution in [3.8, 4) is 23.7 Å². The van der Waals surface area contributed by atoms with Crippen LogP contribution in [0.5, 0.6) is 0 Å². The number of morpholine rings is 2. The van der Waals surface area contributed by atoms with E-state index in [0.717, 1.165) is 86.9 Å². The quantitative estimate of drug-likeness (QED) is 0.0994. The molecule has 4 heterocycles. The fourth-order valence-corrected chi connectivity index (χ4v) is 10.9. The molecule has 2 saturated carbocycles. The van der Waals surface area contributed by atoms with Gasteiger partial charge in [0.25, 0.3) is 11.8 Å². The third-order valence-corrected chi connectivity index (χ3v) is 14.5. The first-order valence-corrected chi connectivity index (χ1v) is 24.5. The van der Waals surface area contributed by atoms with Gasteiger partial charge >= 0.3 is 11.9 Å². The molecule has 4 N–H and O–H groups in total. The van der Waals surface area contributed by atoms with Crippen LogP contribution in [-0.2, 0) is 23.8 Å². The van der Waals surface area contributed by atoms with E-state index in [-0.39, 0.29) is 59.0 Å². The highest BCUT2D eigenvalue weighted by Crippen LogP contribution is 2.44. The first-order valence-electron chi connectivity index (χ1n) is 22.8. The molecule has 0 radical (unpaired) electrons. The van der Waals surface area contributed by atoms with Crippen molar-refractivity contribution in [2.45, 2.75) is 162 Å². The van der Waals surface area contributed by atoms with Crippen LogP contribution in [0.1, 0.15) is 155 Å². The van der Waals surface area contributed by atoms with E-state index in [9.17, 15) is 39.6 Å². The van der Waals surface area contributed by atoms with Crippen molar-refractivity contribution in [1.29, 1.82) is 0 Å². The summed E-state index contributed by atoms with van der Waals surface area (Å²) >= 11 is 2.03. The lowest BCUT2D eigenvalue weighted by Gasteiger charge is -2.48. The zero-order valence-corrected chi connectivity index (χ0v) is 40.0. The molecule has 6 unspecified atom stereocenters. The normalized spacial score (nSPS) is 25.0. The first-order chi connectivity index (χ1) is 30.2. The number of thiophene rings is 2. The Morgan fingerprint density at radius 2 is 1.23 bits per heavy atom. The van der Waals surface area contributed by atoms with E-state index in [1.165, 1.54) is 0 Å². The van der Waals surface area contributed by atoms with Crippen molar-refractivity contribution in [2.24, 2.45) is 22.7 Å². The topological polar surface area (TPSA) is 183 Å². The van der Waals surface area contributed by atoms with Crippen LogP contribution in [0.15, 0.2) is 12.1 Å². The second-order valence-corrected chi connectivity index (χ2v) is 22.2. The number of carbonyl (C=O) groups excluding carboxylic acids is 4. The average Bonchev–Trinajstić information content (AvgIpc) is 3.89. The Kier molecular flexibility index (Phi) is 16.3. The minimum absolute atomic E-state index is 0.0111. The van der Waals surface area contributed by atoms with Crippen LogP contribution in [-0.4, -0.2) is 107 Å². The maximum Gasteiger partial charge on any atom is 0.358 e. The molecule has 64 heavy (non-hydrogen) atoms. The predicted molar refractivity (Wildman–Crippen MR) is 246 cm³/mol. The number of ether oxygens (including phenoxy) is 3. The van der Waals surface area contributed by atoms with Gasteiger partial charge in [-0.1, -0.05) is 62.2 Å². The summed E-state index contributed by atoms with van der Waals surface area (Å²) in [4.78, 5) is 62.9. The predicted octanol–water partition coefficient (Wildman–Crippen LogP) is 6.84. The van der Waals surface area contributed by atoms with Gasteiger partial charge in [0.05, 0.1) is 71.8 Å². The van der Waals surface area contributed by atoms with Crippen molar-refractivity contribution in [3.63, 3.8) is 0 Å². The number of hydrogen-bond acceptors (Lipinski definition) is 13. The lowest BCUT2D eigenvalue weighted by molar-refractivity contribution is -0.158. The summed E-state index contributed by atoms with van der Waals surface area (Å²) in [6.45, 7) is 12.5. The van der Waals surface area contributed by atoms with Crippen LogP contribution in [0, 0.1) is 46.3 Å². The zero-order chi connectivity index (χ0) is 46.6. The fraction of sp³-hybridized carbons (Fsp3) is 0.673. The smallest absolute Gasteiger partial charge is 0.358 e. The lowest BCUT2D eigenvalue weighted by atomic mass is 9.81. The van der Waals surface area contributed by atoms with Gasteiger partial charge in [0, 0.05) is 23.7 Å². The van der Waals surface area contributed by atoms with Crippen LogP contribution in [0.2, 0.25) is 0 Å². The van der Waals surface area contributed by atoms with Crippen molar-refractivity contribution in [2.75, 3.05) is 36.2 Å². The Morgan fingerprint density at radius 3 is 1.70 bits per heavy atom. The molecule has 0 bridgehead atoms. The zero-order valence-electron chi connectivity index (χ0n) is 38.4. The maximum absolute atomic E-state index is 14.8. The summed E-state index contributed by atoms with van der Waals surface area (Å²) in [5.74, 6) is 9.89. The number of esters is 2. The van der Waals surface area contributed by atoms with Crippen LogP contribution >= 0.6 is 22.7 Å². The van der Waals surface area contributed by atoms with E-state index in [2.05, 4.69) is 23.7 Å². The molecule has 2 saturated heterocycles. The van der Waals surface area contributed by atoms with Crippen LogP contribution < -0.4 is 9.80 Å². The third-order valence-electron chi connectivity index (χ3n) is 12.4. The van der Waals surface area contributed by atoms with E-state index in [0.29, 0.717) is 9.75 Å². The number of carbonyl (C=O) groups is 4. The number of amides is 2. The standard InChI is InChI=1S/C49H66N2O11S2/c1-47(2,3)20-18-34-23-36(50-38(30-14-10-8-11-15-30)28-60-40(43(50)56)22-32(54)26-52)41(63-34)44(57)62-45(58)42-37(24-35(64-42)19-21-48(4,5)6)51-39(31-16-12-9-13-17-31)29-61-49(7,46(51)59)25-33(55)27-53/h23-24,30-33,38-40,52-55H,8-17,22,25-29H2,1-7H3. The number of rotatable bonds is 12. The molecule has 6 atom stereocenters. The largest absolute Gasteiger partial charge is 0.394 e. The fourth-order valence-electron chi connectivity index (χ4n) is 9.17. The van der Waals surface area contributed by atoms with Crippen molar-refractivity contribution in [3.05, 3.63) is 31.6 Å². The Morgan fingerprint density at radius 1 is 0.766 bits per heavy atom. The summed E-state index contributed by atoms with van der Waals surface area (Å²) in [6, 6.07) is 2.45. The summed E-state index contributed by atoms with van der Waals surface area (Å²) < 4.78 is 18.2. The average molecular weight is 923 g/mol.